The number of allylic oxidation sites excluding steroid dienone is 5. The van der Waals surface area contributed by atoms with Crippen LogP contribution in [-0.2, 0) is 14.4 Å². The van der Waals surface area contributed by atoms with E-state index in [-0.39, 0.29) is 25.0 Å². The van der Waals surface area contributed by atoms with Crippen molar-refractivity contribution in [3.05, 3.63) is 34.9 Å². The summed E-state index contributed by atoms with van der Waals surface area (Å²) >= 11 is 1.45. The maximum Gasteiger partial charge on any atom is 0.327 e. The number of rotatable bonds is 16. The van der Waals surface area contributed by atoms with Gasteiger partial charge in [-0.05, 0) is 59.8 Å². The van der Waals surface area contributed by atoms with Crippen LogP contribution in [0.3, 0.4) is 0 Å². The molecule has 0 aliphatic carbocycles. The summed E-state index contributed by atoms with van der Waals surface area (Å²) in [6, 6.07) is -0.965. The fourth-order valence-electron chi connectivity index (χ4n) is 2.57. The van der Waals surface area contributed by atoms with Crippen LogP contribution in [0.4, 0.5) is 0 Å². The number of carboxylic acid groups (broad SMARTS) is 2. The molecule has 0 rings (SSSR count). The first-order valence-electron chi connectivity index (χ1n) is 10.4. The lowest BCUT2D eigenvalue weighted by Crippen LogP contribution is -2.42. The van der Waals surface area contributed by atoms with E-state index in [0.29, 0.717) is 5.75 Å². The average Bonchev–Trinajstić information content (AvgIpc) is 2.63. The Labute approximate surface area is 184 Å². The minimum atomic E-state index is -1.08. The molecule has 0 aromatic heterocycles. The molecule has 0 saturated heterocycles. The fourth-order valence-corrected chi connectivity index (χ4v) is 3.57. The molecule has 0 aromatic carbocycles. The van der Waals surface area contributed by atoms with E-state index in [4.69, 9.17) is 5.11 Å². The van der Waals surface area contributed by atoms with Gasteiger partial charge in [-0.2, -0.15) is 11.8 Å². The molecule has 1 atom stereocenters. The molecular weight excluding hydrogens is 402 g/mol. The number of nitrogens with one attached hydrogen (secondary N) is 1. The highest BCUT2D eigenvalue weighted by Crippen LogP contribution is 2.13. The van der Waals surface area contributed by atoms with Crippen molar-refractivity contribution in [2.45, 2.75) is 78.7 Å². The van der Waals surface area contributed by atoms with Crippen LogP contribution in [0, 0.1) is 0 Å². The Kier molecular flexibility index (Phi) is 15.6. The largest absolute Gasteiger partial charge is 0.481 e. The maximum atomic E-state index is 11.8. The highest BCUT2D eigenvalue weighted by molar-refractivity contribution is 7.99. The molecule has 7 heteroatoms. The first-order chi connectivity index (χ1) is 14.1. The van der Waals surface area contributed by atoms with Crippen molar-refractivity contribution in [3.8, 4) is 0 Å². The van der Waals surface area contributed by atoms with E-state index < -0.39 is 23.9 Å². The molecular formula is C23H37NO5S. The first kappa shape index (κ1) is 28.0. The maximum absolute atomic E-state index is 11.8. The predicted molar refractivity (Wildman–Crippen MR) is 124 cm³/mol. The predicted octanol–water partition coefficient (Wildman–Crippen LogP) is 4.96. The molecule has 0 fully saturated rings. The Morgan fingerprint density at radius 1 is 0.867 bits per heavy atom. The summed E-state index contributed by atoms with van der Waals surface area (Å²) in [7, 11) is 0. The van der Waals surface area contributed by atoms with Gasteiger partial charge in [-0.15, -0.1) is 0 Å². The van der Waals surface area contributed by atoms with Gasteiger partial charge in [-0.3, -0.25) is 9.59 Å². The number of carboxylic acids is 2. The summed E-state index contributed by atoms with van der Waals surface area (Å²) in [6.45, 7) is 8.46. The zero-order valence-electron chi connectivity index (χ0n) is 18.7. The van der Waals surface area contributed by atoms with Crippen molar-refractivity contribution in [2.75, 3.05) is 11.5 Å². The van der Waals surface area contributed by atoms with Gasteiger partial charge in [0, 0.05) is 24.3 Å². The van der Waals surface area contributed by atoms with Crippen LogP contribution < -0.4 is 5.32 Å². The van der Waals surface area contributed by atoms with Crippen molar-refractivity contribution < 1.29 is 24.6 Å². The summed E-state index contributed by atoms with van der Waals surface area (Å²) in [5.74, 6) is -1.52. The molecule has 170 valence electrons. The van der Waals surface area contributed by atoms with E-state index in [9.17, 15) is 19.5 Å². The standard InChI is InChI=1S/C23H37NO5S/c1-17(2)8-5-9-18(3)10-6-11-19(4)14-15-30-16-20(23(28)29)24-21(25)12-7-13-22(26)27/h8,10,14,20H,5-7,9,11-13,15-16H2,1-4H3,(H,24,25)(H,26,27)(H,28,29)/t20-/m0/s1. The van der Waals surface area contributed by atoms with E-state index in [1.54, 1.807) is 0 Å². The SMILES string of the molecule is CC(C)=CCCC(C)=CCCC(C)=CCSC[C@H](NC(=O)CCCC(=O)O)C(=O)O. The van der Waals surface area contributed by atoms with Crippen LogP contribution in [0.1, 0.15) is 72.6 Å². The number of hydrogen-bond donors (Lipinski definition) is 3. The third-order valence-corrected chi connectivity index (χ3v) is 5.36. The lowest BCUT2D eigenvalue weighted by Gasteiger charge is -2.13. The van der Waals surface area contributed by atoms with Gasteiger partial charge < -0.3 is 15.5 Å². The molecule has 30 heavy (non-hydrogen) atoms. The van der Waals surface area contributed by atoms with Crippen LogP contribution in [-0.4, -0.2) is 45.6 Å². The number of aliphatic carboxylic acids is 2. The van der Waals surface area contributed by atoms with Gasteiger partial charge in [0.25, 0.3) is 0 Å². The van der Waals surface area contributed by atoms with Gasteiger partial charge in [-0.1, -0.05) is 34.9 Å². The van der Waals surface area contributed by atoms with Gasteiger partial charge in [0.1, 0.15) is 6.04 Å². The molecule has 0 aliphatic rings. The summed E-state index contributed by atoms with van der Waals surface area (Å²) < 4.78 is 0. The molecule has 0 aliphatic heterocycles. The van der Waals surface area contributed by atoms with E-state index in [2.05, 4.69) is 51.2 Å². The number of carbonyl (C=O) groups excluding carboxylic acids is 1. The van der Waals surface area contributed by atoms with Crippen LogP contribution in [0.2, 0.25) is 0 Å². The molecule has 0 heterocycles. The number of thioether (sulfide) groups is 1. The molecule has 0 radical (unpaired) electrons. The molecule has 0 unspecified atom stereocenters. The molecule has 0 bridgehead atoms. The minimum absolute atomic E-state index is 0.0149. The number of hydrogen-bond acceptors (Lipinski definition) is 4. The van der Waals surface area contributed by atoms with Crippen LogP contribution in [0.5, 0.6) is 0 Å². The van der Waals surface area contributed by atoms with Crippen LogP contribution >= 0.6 is 11.8 Å². The lowest BCUT2D eigenvalue weighted by atomic mass is 10.1. The smallest absolute Gasteiger partial charge is 0.327 e. The zero-order chi connectivity index (χ0) is 22.9. The van der Waals surface area contributed by atoms with Crippen molar-refractivity contribution >= 4 is 29.6 Å². The van der Waals surface area contributed by atoms with Crippen molar-refractivity contribution in [1.82, 2.24) is 5.32 Å². The molecule has 3 N–H and O–H groups in total. The summed E-state index contributed by atoms with van der Waals surface area (Å²) in [6.07, 6.45) is 10.9. The second kappa shape index (κ2) is 16.7. The van der Waals surface area contributed by atoms with E-state index in [0.717, 1.165) is 25.7 Å². The third kappa shape index (κ3) is 16.9. The summed E-state index contributed by atoms with van der Waals surface area (Å²) in [4.78, 5) is 33.5. The lowest BCUT2D eigenvalue weighted by molar-refractivity contribution is -0.141. The van der Waals surface area contributed by atoms with Crippen molar-refractivity contribution in [3.63, 3.8) is 0 Å². The molecule has 0 aromatic rings. The van der Waals surface area contributed by atoms with E-state index in [1.165, 1.54) is 28.5 Å². The highest BCUT2D eigenvalue weighted by atomic mass is 32.2. The normalized spacial score (nSPS) is 12.9. The van der Waals surface area contributed by atoms with Gasteiger partial charge in [0.05, 0.1) is 0 Å². The van der Waals surface area contributed by atoms with Crippen LogP contribution in [0.15, 0.2) is 34.9 Å². The van der Waals surface area contributed by atoms with E-state index >= 15 is 0 Å². The van der Waals surface area contributed by atoms with Gasteiger partial charge in [0.2, 0.25) is 5.91 Å². The Morgan fingerprint density at radius 2 is 1.47 bits per heavy atom. The Morgan fingerprint density at radius 3 is 2.03 bits per heavy atom. The second-order valence-electron chi connectivity index (χ2n) is 7.70. The van der Waals surface area contributed by atoms with Crippen molar-refractivity contribution in [2.24, 2.45) is 0 Å². The monoisotopic (exact) mass is 439 g/mol. The minimum Gasteiger partial charge on any atom is -0.481 e. The molecule has 6 nitrogen and oxygen atoms in total. The number of carbonyl (C=O) groups is 3. The van der Waals surface area contributed by atoms with Gasteiger partial charge in [-0.25, -0.2) is 4.79 Å². The quantitative estimate of drug-likeness (QED) is 0.232. The highest BCUT2D eigenvalue weighted by Gasteiger charge is 2.19. The summed E-state index contributed by atoms with van der Waals surface area (Å²) in [5, 5.41) is 20.3. The fraction of sp³-hybridized carbons (Fsp3) is 0.609. The molecule has 0 saturated carbocycles. The Balaban J connectivity index is 4.19. The second-order valence-corrected chi connectivity index (χ2v) is 8.78. The molecule has 1 amide bonds. The Bertz CT molecular complexity index is 648. The molecule has 0 spiro atoms. The van der Waals surface area contributed by atoms with Crippen LogP contribution in [0.25, 0.3) is 0 Å². The van der Waals surface area contributed by atoms with E-state index in [1.807, 2.05) is 0 Å². The van der Waals surface area contributed by atoms with Gasteiger partial charge >= 0.3 is 11.9 Å². The third-order valence-electron chi connectivity index (χ3n) is 4.38. The van der Waals surface area contributed by atoms with Crippen molar-refractivity contribution in [1.29, 1.82) is 0 Å². The number of amides is 1. The average molecular weight is 440 g/mol. The first-order valence-corrected chi connectivity index (χ1v) is 11.5. The summed E-state index contributed by atoms with van der Waals surface area (Å²) in [5.41, 5.74) is 4.01. The topological polar surface area (TPSA) is 104 Å². The van der Waals surface area contributed by atoms with Gasteiger partial charge in [0.15, 0.2) is 0 Å². The Hall–Kier alpha value is -2.02. The zero-order valence-corrected chi connectivity index (χ0v) is 19.5.